The van der Waals surface area contributed by atoms with Crippen LogP contribution in [0.4, 0.5) is 0 Å². The number of nitrogens with one attached hydrogen (secondary N) is 1. The predicted octanol–water partition coefficient (Wildman–Crippen LogP) is 3.28. The maximum atomic E-state index is 3.57. The first kappa shape index (κ1) is 13.6. The fraction of sp³-hybridized carbons (Fsp3) is 1.00. The van der Waals surface area contributed by atoms with Gasteiger partial charge in [0.2, 0.25) is 0 Å². The van der Waals surface area contributed by atoms with Crippen molar-refractivity contribution in [3.05, 3.63) is 0 Å². The highest BCUT2D eigenvalue weighted by Gasteiger charge is 2.54. The Balaban J connectivity index is 1.55. The van der Waals surface area contributed by atoms with E-state index in [0.717, 1.165) is 29.8 Å². The minimum Gasteiger partial charge on any atom is -0.315 e. The zero-order valence-electron chi connectivity index (χ0n) is 13.4. The van der Waals surface area contributed by atoms with Gasteiger partial charge in [-0.3, -0.25) is 4.90 Å². The molecular formula is C18H32N2. The summed E-state index contributed by atoms with van der Waals surface area (Å²) in [6, 6.07) is 1.62. The average molecular weight is 276 g/mol. The third kappa shape index (κ3) is 2.06. The van der Waals surface area contributed by atoms with Crippen molar-refractivity contribution in [1.29, 1.82) is 0 Å². The van der Waals surface area contributed by atoms with Crippen molar-refractivity contribution in [1.82, 2.24) is 10.2 Å². The van der Waals surface area contributed by atoms with Crippen LogP contribution >= 0.6 is 0 Å². The average Bonchev–Trinajstić information content (AvgIpc) is 2.92. The molecule has 0 radical (unpaired) electrons. The molecule has 1 heterocycles. The molecule has 1 saturated heterocycles. The summed E-state index contributed by atoms with van der Waals surface area (Å²) in [5, 5.41) is 3.57. The molecule has 0 amide bonds. The quantitative estimate of drug-likeness (QED) is 0.848. The van der Waals surface area contributed by atoms with Crippen LogP contribution in [0.2, 0.25) is 0 Å². The van der Waals surface area contributed by atoms with Gasteiger partial charge < -0.3 is 5.32 Å². The number of rotatable bonds is 4. The van der Waals surface area contributed by atoms with Gasteiger partial charge in [-0.25, -0.2) is 0 Å². The summed E-state index contributed by atoms with van der Waals surface area (Å²) in [5.41, 5.74) is 0.688. The van der Waals surface area contributed by atoms with Crippen LogP contribution in [0, 0.1) is 23.2 Å². The van der Waals surface area contributed by atoms with E-state index in [1.165, 1.54) is 26.1 Å². The van der Waals surface area contributed by atoms with Crippen molar-refractivity contribution < 1.29 is 0 Å². The molecule has 0 spiro atoms. The minimum atomic E-state index is 0.688. The maximum absolute atomic E-state index is 3.57. The van der Waals surface area contributed by atoms with Crippen molar-refractivity contribution in [2.24, 2.45) is 23.2 Å². The van der Waals surface area contributed by atoms with E-state index in [4.69, 9.17) is 0 Å². The van der Waals surface area contributed by atoms with Gasteiger partial charge in [-0.1, -0.05) is 6.92 Å². The van der Waals surface area contributed by atoms with Crippen molar-refractivity contribution in [2.75, 3.05) is 19.6 Å². The number of hydrogen-bond acceptors (Lipinski definition) is 2. The van der Waals surface area contributed by atoms with Gasteiger partial charge >= 0.3 is 0 Å². The van der Waals surface area contributed by atoms with E-state index >= 15 is 0 Å². The van der Waals surface area contributed by atoms with Crippen LogP contribution in [0.25, 0.3) is 0 Å². The molecule has 0 aromatic heterocycles. The third-order valence-electron chi connectivity index (χ3n) is 7.34. The Morgan fingerprint density at radius 1 is 1.10 bits per heavy atom. The fourth-order valence-electron chi connectivity index (χ4n) is 6.81. The molecule has 4 bridgehead atoms. The highest BCUT2D eigenvalue weighted by molar-refractivity contribution is 5.06. The van der Waals surface area contributed by atoms with E-state index in [1.54, 1.807) is 38.5 Å². The second-order valence-corrected chi connectivity index (χ2v) is 8.43. The number of hydrogen-bond donors (Lipinski definition) is 1. The lowest BCUT2D eigenvalue weighted by molar-refractivity contribution is -0.102. The number of nitrogens with zero attached hydrogens (tertiary/aromatic N) is 1. The molecule has 2 atom stereocenters. The van der Waals surface area contributed by atoms with Crippen LogP contribution in [0.3, 0.4) is 0 Å². The van der Waals surface area contributed by atoms with E-state index in [0.29, 0.717) is 5.41 Å². The zero-order valence-corrected chi connectivity index (χ0v) is 13.4. The minimum absolute atomic E-state index is 0.688. The van der Waals surface area contributed by atoms with Crippen LogP contribution in [-0.2, 0) is 0 Å². The first-order valence-electron chi connectivity index (χ1n) is 9.16. The normalized spacial score (nSPS) is 48.1. The van der Waals surface area contributed by atoms with Crippen molar-refractivity contribution >= 4 is 0 Å². The largest absolute Gasteiger partial charge is 0.315 e. The Morgan fingerprint density at radius 3 is 2.15 bits per heavy atom. The Bertz CT molecular complexity index is 323. The topological polar surface area (TPSA) is 15.3 Å². The van der Waals surface area contributed by atoms with Gasteiger partial charge in [0.15, 0.2) is 0 Å². The SMILES string of the molecule is CCN(C1CCNC1)C(C)C12CC3CC(CC(C3)C1)C2. The van der Waals surface area contributed by atoms with Gasteiger partial charge in [-0.15, -0.1) is 0 Å². The maximum Gasteiger partial charge on any atom is 0.0235 e. The van der Waals surface area contributed by atoms with Crippen LogP contribution in [0.1, 0.15) is 58.8 Å². The van der Waals surface area contributed by atoms with Crippen molar-refractivity contribution in [2.45, 2.75) is 70.9 Å². The van der Waals surface area contributed by atoms with E-state index in [9.17, 15) is 0 Å². The van der Waals surface area contributed by atoms with Gasteiger partial charge in [0, 0.05) is 18.6 Å². The van der Waals surface area contributed by atoms with Crippen LogP contribution in [0.15, 0.2) is 0 Å². The molecule has 4 saturated carbocycles. The van der Waals surface area contributed by atoms with E-state index in [-0.39, 0.29) is 0 Å². The van der Waals surface area contributed by atoms with Crippen molar-refractivity contribution in [3.8, 4) is 0 Å². The molecule has 2 heteroatoms. The molecule has 2 nitrogen and oxygen atoms in total. The van der Waals surface area contributed by atoms with Gasteiger partial charge in [-0.05, 0) is 88.1 Å². The lowest BCUT2D eigenvalue weighted by atomic mass is 9.47. The Kier molecular flexibility index (Phi) is 3.38. The molecule has 5 rings (SSSR count). The second kappa shape index (κ2) is 4.98. The van der Waals surface area contributed by atoms with Crippen molar-refractivity contribution in [3.63, 3.8) is 0 Å². The molecule has 2 unspecified atom stereocenters. The van der Waals surface area contributed by atoms with Crippen LogP contribution in [0.5, 0.6) is 0 Å². The summed E-state index contributed by atoms with van der Waals surface area (Å²) in [7, 11) is 0. The third-order valence-corrected chi connectivity index (χ3v) is 7.34. The molecule has 1 N–H and O–H groups in total. The van der Waals surface area contributed by atoms with Gasteiger partial charge in [-0.2, -0.15) is 0 Å². The molecule has 4 aliphatic carbocycles. The zero-order chi connectivity index (χ0) is 13.7. The highest BCUT2D eigenvalue weighted by Crippen LogP contribution is 2.62. The summed E-state index contributed by atoms with van der Waals surface area (Å²) in [6.45, 7) is 8.67. The van der Waals surface area contributed by atoms with E-state index in [1.807, 2.05) is 0 Å². The molecule has 5 aliphatic rings. The summed E-state index contributed by atoms with van der Waals surface area (Å²) < 4.78 is 0. The Morgan fingerprint density at radius 2 is 1.70 bits per heavy atom. The first-order chi connectivity index (χ1) is 9.70. The molecule has 0 aromatic rings. The summed E-state index contributed by atoms with van der Waals surface area (Å²) in [5.74, 6) is 3.26. The summed E-state index contributed by atoms with van der Waals surface area (Å²) >= 11 is 0. The second-order valence-electron chi connectivity index (χ2n) is 8.43. The van der Waals surface area contributed by atoms with E-state index in [2.05, 4.69) is 24.1 Å². The smallest absolute Gasteiger partial charge is 0.0235 e. The predicted molar refractivity (Wildman–Crippen MR) is 83.7 cm³/mol. The van der Waals surface area contributed by atoms with Gasteiger partial charge in [0.25, 0.3) is 0 Å². The number of likely N-dealkylation sites (N-methyl/N-ethyl adjacent to an activating group) is 1. The Hall–Kier alpha value is -0.0800. The summed E-state index contributed by atoms with van der Waals surface area (Å²) in [6.07, 6.45) is 10.7. The fourth-order valence-corrected chi connectivity index (χ4v) is 6.81. The lowest BCUT2D eigenvalue weighted by Gasteiger charge is -2.61. The lowest BCUT2D eigenvalue weighted by Crippen LogP contribution is -2.58. The Labute approximate surface area is 124 Å². The first-order valence-corrected chi connectivity index (χ1v) is 9.16. The monoisotopic (exact) mass is 276 g/mol. The molecule has 114 valence electrons. The van der Waals surface area contributed by atoms with Crippen LogP contribution in [-0.4, -0.2) is 36.6 Å². The molecule has 5 fully saturated rings. The highest BCUT2D eigenvalue weighted by atomic mass is 15.2. The van der Waals surface area contributed by atoms with Gasteiger partial charge in [0.05, 0.1) is 0 Å². The van der Waals surface area contributed by atoms with Crippen LogP contribution < -0.4 is 5.32 Å². The molecular weight excluding hydrogens is 244 g/mol. The summed E-state index contributed by atoms with van der Waals surface area (Å²) in [4.78, 5) is 2.87. The molecule has 1 aliphatic heterocycles. The van der Waals surface area contributed by atoms with Gasteiger partial charge in [0.1, 0.15) is 0 Å². The molecule has 20 heavy (non-hydrogen) atoms. The van der Waals surface area contributed by atoms with E-state index < -0.39 is 0 Å². The molecule has 0 aromatic carbocycles. The standard InChI is InChI=1S/C18H32N2/c1-3-20(17-4-5-19-12-17)13(2)18-9-14-6-15(10-18)8-16(7-14)11-18/h13-17,19H,3-12H2,1-2H3.